The molecule has 1 unspecified atom stereocenters. The summed E-state index contributed by atoms with van der Waals surface area (Å²) in [6.07, 6.45) is 3.94. The molecule has 0 heterocycles. The first-order chi connectivity index (χ1) is 10.8. The lowest BCUT2D eigenvalue weighted by molar-refractivity contribution is 0.465. The Morgan fingerprint density at radius 1 is 0.957 bits per heavy atom. The Morgan fingerprint density at radius 3 is 2.26 bits per heavy atom. The molecule has 2 aromatic rings. The predicted molar refractivity (Wildman–Crippen MR) is 97.9 cm³/mol. The van der Waals surface area contributed by atoms with E-state index in [4.69, 9.17) is 0 Å². The van der Waals surface area contributed by atoms with Crippen LogP contribution in [0, 0.1) is 12.8 Å². The van der Waals surface area contributed by atoms with Crippen molar-refractivity contribution in [3.8, 4) is 22.6 Å². The van der Waals surface area contributed by atoms with Crippen molar-refractivity contribution in [2.75, 3.05) is 0 Å². The van der Waals surface area contributed by atoms with E-state index in [0.29, 0.717) is 23.0 Å². The van der Waals surface area contributed by atoms with E-state index < -0.39 is 0 Å². The molecule has 2 heteroatoms. The van der Waals surface area contributed by atoms with E-state index in [1.807, 2.05) is 50.3 Å². The molecule has 2 aromatic carbocycles. The number of benzene rings is 2. The number of aryl methyl sites for hydroxylation is 1. The Balaban J connectivity index is 2.65. The molecule has 0 aliphatic carbocycles. The Morgan fingerprint density at radius 2 is 1.65 bits per heavy atom. The number of allylic oxidation sites excluding steroid dienone is 1. The first kappa shape index (κ1) is 17.1. The van der Waals surface area contributed by atoms with E-state index in [-0.39, 0.29) is 11.5 Å². The highest BCUT2D eigenvalue weighted by molar-refractivity contribution is 5.79. The van der Waals surface area contributed by atoms with E-state index in [9.17, 15) is 10.2 Å². The number of hydrogen-bond donors (Lipinski definition) is 2. The molecule has 2 N–H and O–H groups in total. The van der Waals surface area contributed by atoms with Gasteiger partial charge in [-0.2, -0.15) is 0 Å². The lowest BCUT2D eigenvalue weighted by Crippen LogP contribution is -2.03. The second-order valence-corrected chi connectivity index (χ2v) is 6.54. The van der Waals surface area contributed by atoms with Gasteiger partial charge in [0, 0.05) is 11.1 Å². The molecule has 0 radical (unpaired) electrons. The van der Waals surface area contributed by atoms with Crippen molar-refractivity contribution in [3.63, 3.8) is 0 Å². The zero-order valence-electron chi connectivity index (χ0n) is 14.6. The van der Waals surface area contributed by atoms with Gasteiger partial charge in [-0.1, -0.05) is 45.1 Å². The fourth-order valence-electron chi connectivity index (χ4n) is 2.73. The maximum Gasteiger partial charge on any atom is 0.126 e. The van der Waals surface area contributed by atoms with E-state index in [2.05, 4.69) is 20.8 Å². The standard InChI is InChI=1S/C21H26O2/c1-6-7-16-8-9-20(22)18(11-16)19-12-17(15(5)13(2)3)10-14(4)21(19)23/h6-13,15,22-23H,1-5H3/b7-6+. The third kappa shape index (κ3) is 3.58. The van der Waals surface area contributed by atoms with Crippen LogP contribution in [0.1, 0.15) is 50.3 Å². The monoisotopic (exact) mass is 310 g/mol. The molecule has 2 rings (SSSR count). The minimum Gasteiger partial charge on any atom is -0.507 e. The average Bonchev–Trinajstić information content (AvgIpc) is 2.51. The van der Waals surface area contributed by atoms with Crippen molar-refractivity contribution in [2.24, 2.45) is 5.92 Å². The summed E-state index contributed by atoms with van der Waals surface area (Å²) in [5, 5.41) is 20.8. The van der Waals surface area contributed by atoms with Crippen LogP contribution in [0.2, 0.25) is 0 Å². The highest BCUT2D eigenvalue weighted by Gasteiger charge is 2.17. The summed E-state index contributed by atoms with van der Waals surface area (Å²) in [6.45, 7) is 10.4. The van der Waals surface area contributed by atoms with Gasteiger partial charge in [-0.15, -0.1) is 0 Å². The minimum atomic E-state index is 0.183. The normalized spacial score (nSPS) is 13.0. The topological polar surface area (TPSA) is 40.5 Å². The zero-order valence-corrected chi connectivity index (χ0v) is 14.6. The maximum absolute atomic E-state index is 10.5. The van der Waals surface area contributed by atoms with Crippen LogP contribution in [0.15, 0.2) is 36.4 Å². The van der Waals surface area contributed by atoms with E-state index >= 15 is 0 Å². The van der Waals surface area contributed by atoms with Gasteiger partial charge >= 0.3 is 0 Å². The smallest absolute Gasteiger partial charge is 0.126 e. The van der Waals surface area contributed by atoms with Gasteiger partial charge in [0.05, 0.1) is 0 Å². The van der Waals surface area contributed by atoms with Crippen molar-refractivity contribution >= 4 is 6.08 Å². The maximum atomic E-state index is 10.5. The fourth-order valence-corrected chi connectivity index (χ4v) is 2.73. The van der Waals surface area contributed by atoms with Crippen LogP contribution >= 0.6 is 0 Å². The molecule has 0 aromatic heterocycles. The van der Waals surface area contributed by atoms with E-state index in [1.54, 1.807) is 6.07 Å². The van der Waals surface area contributed by atoms with Crippen molar-refractivity contribution in [3.05, 3.63) is 53.1 Å². The quantitative estimate of drug-likeness (QED) is 0.742. The first-order valence-corrected chi connectivity index (χ1v) is 8.14. The summed E-state index contributed by atoms with van der Waals surface area (Å²) in [5.74, 6) is 1.31. The van der Waals surface area contributed by atoms with Crippen molar-refractivity contribution in [2.45, 2.75) is 40.5 Å². The molecule has 0 spiro atoms. The van der Waals surface area contributed by atoms with Crippen LogP contribution in [0.25, 0.3) is 17.2 Å². The number of aromatic hydroxyl groups is 2. The SMILES string of the molecule is C/C=C/c1ccc(O)c(-c2cc(C(C)C(C)C)cc(C)c2O)c1. The Labute approximate surface area is 139 Å². The van der Waals surface area contributed by atoms with Gasteiger partial charge in [-0.05, 0) is 60.6 Å². The molecule has 0 saturated carbocycles. The fraction of sp³-hybridized carbons (Fsp3) is 0.333. The van der Waals surface area contributed by atoms with Gasteiger partial charge in [0.25, 0.3) is 0 Å². The third-order valence-electron chi connectivity index (χ3n) is 4.52. The van der Waals surface area contributed by atoms with E-state index in [0.717, 1.165) is 11.1 Å². The molecule has 0 aliphatic heterocycles. The van der Waals surface area contributed by atoms with Crippen molar-refractivity contribution in [1.29, 1.82) is 0 Å². The number of phenols is 2. The van der Waals surface area contributed by atoms with Gasteiger partial charge in [0.2, 0.25) is 0 Å². The molecule has 1 atom stereocenters. The summed E-state index contributed by atoms with van der Waals surface area (Å²) in [4.78, 5) is 0. The molecule has 0 amide bonds. The van der Waals surface area contributed by atoms with Gasteiger partial charge < -0.3 is 10.2 Å². The second-order valence-electron chi connectivity index (χ2n) is 6.54. The number of hydrogen-bond acceptors (Lipinski definition) is 2. The summed E-state index contributed by atoms with van der Waals surface area (Å²) in [6, 6.07) is 9.49. The van der Waals surface area contributed by atoms with Crippen LogP contribution in [-0.2, 0) is 0 Å². The number of rotatable bonds is 4. The summed E-state index contributed by atoms with van der Waals surface area (Å²) < 4.78 is 0. The highest BCUT2D eigenvalue weighted by atomic mass is 16.3. The Kier molecular flexibility index (Phi) is 5.15. The predicted octanol–water partition coefficient (Wildman–Crippen LogP) is 5.87. The van der Waals surface area contributed by atoms with Gasteiger partial charge in [-0.3, -0.25) is 0 Å². The zero-order chi connectivity index (χ0) is 17.1. The summed E-state index contributed by atoms with van der Waals surface area (Å²) in [5.41, 5.74) is 4.37. The Bertz CT molecular complexity index is 727. The molecule has 122 valence electrons. The van der Waals surface area contributed by atoms with Crippen LogP contribution in [0.5, 0.6) is 11.5 Å². The van der Waals surface area contributed by atoms with Crippen LogP contribution in [0.4, 0.5) is 0 Å². The average molecular weight is 310 g/mol. The Hall–Kier alpha value is -2.22. The van der Waals surface area contributed by atoms with Gasteiger partial charge in [0.15, 0.2) is 0 Å². The number of phenolic OH excluding ortho intramolecular Hbond substituents is 2. The first-order valence-electron chi connectivity index (χ1n) is 8.14. The molecule has 2 nitrogen and oxygen atoms in total. The van der Waals surface area contributed by atoms with Crippen molar-refractivity contribution in [1.82, 2.24) is 0 Å². The summed E-state index contributed by atoms with van der Waals surface area (Å²) in [7, 11) is 0. The molecular formula is C21H26O2. The molecule has 0 fully saturated rings. The molecule has 0 aliphatic rings. The van der Waals surface area contributed by atoms with Gasteiger partial charge in [0.1, 0.15) is 11.5 Å². The molecule has 23 heavy (non-hydrogen) atoms. The third-order valence-corrected chi connectivity index (χ3v) is 4.52. The van der Waals surface area contributed by atoms with Gasteiger partial charge in [-0.25, -0.2) is 0 Å². The van der Waals surface area contributed by atoms with Crippen LogP contribution in [0.3, 0.4) is 0 Å². The van der Waals surface area contributed by atoms with Crippen LogP contribution in [-0.4, -0.2) is 10.2 Å². The second kappa shape index (κ2) is 6.91. The molecular weight excluding hydrogens is 284 g/mol. The van der Waals surface area contributed by atoms with Crippen LogP contribution < -0.4 is 0 Å². The lowest BCUT2D eigenvalue weighted by Gasteiger charge is -2.19. The van der Waals surface area contributed by atoms with E-state index in [1.165, 1.54) is 5.56 Å². The minimum absolute atomic E-state index is 0.183. The highest BCUT2D eigenvalue weighted by Crippen LogP contribution is 2.40. The molecule has 0 bridgehead atoms. The summed E-state index contributed by atoms with van der Waals surface area (Å²) >= 11 is 0. The largest absolute Gasteiger partial charge is 0.507 e. The molecule has 0 saturated heterocycles. The van der Waals surface area contributed by atoms with Crippen molar-refractivity contribution < 1.29 is 10.2 Å². The lowest BCUT2D eigenvalue weighted by atomic mass is 9.86.